The maximum Gasteiger partial charge on any atom is 0.164 e. The lowest BCUT2D eigenvalue weighted by atomic mass is 9.54. The lowest BCUT2D eigenvalue weighted by molar-refractivity contribution is 0.0779. The Morgan fingerprint density at radius 2 is 0.833 bits per heavy atom. The largest absolute Gasteiger partial charge is 0.208 e. The first-order valence-corrected chi connectivity index (χ1v) is 22.8. The monoisotopic (exact) mass is 786 g/mol. The summed E-state index contributed by atoms with van der Waals surface area (Å²) >= 11 is 0. The SMILES string of the molecule is C[C@@H]1C[C@@H]2C[C@H](C)CC(c3ccc(-c4nc(-c5ccc(C67C[C@H](C)C[C@H](C[C@H](C)C6)C7)cc5)nc(-c5cc(-c6ccccc6)cc(-c6cccc(C#N)c6)c5)n4)cc3)(C1)C2. The van der Waals surface area contributed by atoms with Gasteiger partial charge in [0.1, 0.15) is 0 Å². The predicted octanol–water partition coefficient (Wildman–Crippen LogP) is 14.3. The molecular weight excluding hydrogens is 729 g/mol. The van der Waals surface area contributed by atoms with Crippen molar-refractivity contribution in [3.05, 3.63) is 138 Å². The molecule has 0 N–H and O–H groups in total. The van der Waals surface area contributed by atoms with Crippen LogP contribution < -0.4 is 0 Å². The summed E-state index contributed by atoms with van der Waals surface area (Å²) in [4.78, 5) is 15.9. The molecule has 302 valence electrons. The van der Waals surface area contributed by atoms with Gasteiger partial charge in [0.2, 0.25) is 0 Å². The topological polar surface area (TPSA) is 62.5 Å². The second-order valence-electron chi connectivity index (χ2n) is 20.2. The molecule has 0 radical (unpaired) electrons. The van der Waals surface area contributed by atoms with Gasteiger partial charge in [-0.15, -0.1) is 0 Å². The van der Waals surface area contributed by atoms with Crippen LogP contribution in [0, 0.1) is 46.8 Å². The Morgan fingerprint density at radius 3 is 1.30 bits per heavy atom. The Bertz CT molecular complexity index is 2410. The van der Waals surface area contributed by atoms with Crippen molar-refractivity contribution in [2.75, 3.05) is 0 Å². The van der Waals surface area contributed by atoms with Gasteiger partial charge in [0.25, 0.3) is 0 Å². The van der Waals surface area contributed by atoms with Crippen LogP contribution in [-0.4, -0.2) is 15.0 Å². The summed E-state index contributed by atoms with van der Waals surface area (Å²) < 4.78 is 0. The van der Waals surface area contributed by atoms with Crippen molar-refractivity contribution in [1.29, 1.82) is 5.26 Å². The van der Waals surface area contributed by atoms with Crippen LogP contribution in [0.1, 0.15) is 109 Å². The highest BCUT2D eigenvalue weighted by Gasteiger charge is 2.46. The quantitative estimate of drug-likeness (QED) is 0.162. The van der Waals surface area contributed by atoms with E-state index in [9.17, 15) is 5.26 Å². The van der Waals surface area contributed by atoms with Crippen LogP contribution in [0.3, 0.4) is 0 Å². The average molecular weight is 787 g/mol. The Kier molecular flexibility index (Phi) is 10.1. The van der Waals surface area contributed by atoms with Gasteiger partial charge in [-0.1, -0.05) is 119 Å². The van der Waals surface area contributed by atoms with Crippen molar-refractivity contribution in [2.45, 2.75) is 103 Å². The van der Waals surface area contributed by atoms with Crippen molar-refractivity contribution in [3.63, 3.8) is 0 Å². The minimum atomic E-state index is 0.262. The first kappa shape index (κ1) is 38.8. The molecule has 4 aliphatic carbocycles. The van der Waals surface area contributed by atoms with E-state index in [1.807, 2.05) is 18.2 Å². The number of aromatic nitrogens is 3. The minimum Gasteiger partial charge on any atom is -0.208 e. The molecule has 2 unspecified atom stereocenters. The van der Waals surface area contributed by atoms with E-state index < -0.39 is 0 Å². The van der Waals surface area contributed by atoms with Crippen LogP contribution in [0.25, 0.3) is 56.4 Å². The number of benzene rings is 5. The number of hydrogen-bond donors (Lipinski definition) is 0. The second kappa shape index (κ2) is 15.6. The third-order valence-electron chi connectivity index (χ3n) is 15.0. The van der Waals surface area contributed by atoms with E-state index in [1.54, 1.807) is 0 Å². The van der Waals surface area contributed by atoms with Crippen LogP contribution in [0.15, 0.2) is 121 Å². The van der Waals surface area contributed by atoms with Crippen LogP contribution >= 0.6 is 0 Å². The van der Waals surface area contributed by atoms with E-state index in [1.165, 1.54) is 75.3 Å². The van der Waals surface area contributed by atoms with Gasteiger partial charge < -0.3 is 0 Å². The van der Waals surface area contributed by atoms with E-state index in [0.717, 1.165) is 74.5 Å². The molecule has 0 amide bonds. The van der Waals surface area contributed by atoms with Crippen molar-refractivity contribution >= 4 is 0 Å². The summed E-state index contributed by atoms with van der Waals surface area (Å²) in [6.45, 7) is 9.86. The van der Waals surface area contributed by atoms with E-state index in [4.69, 9.17) is 15.0 Å². The Balaban J connectivity index is 1.09. The molecular formula is C56H58N4. The average Bonchev–Trinajstić information content (AvgIpc) is 3.25. The molecule has 6 aromatic rings. The van der Waals surface area contributed by atoms with Crippen molar-refractivity contribution < 1.29 is 0 Å². The van der Waals surface area contributed by atoms with E-state index >= 15 is 0 Å². The summed E-state index contributed by atoms with van der Waals surface area (Å²) in [5.41, 5.74) is 11.3. The van der Waals surface area contributed by atoms with Gasteiger partial charge in [-0.25, -0.2) is 15.0 Å². The van der Waals surface area contributed by atoms with Gasteiger partial charge in [0.15, 0.2) is 17.5 Å². The zero-order valence-corrected chi connectivity index (χ0v) is 35.9. The molecule has 4 fully saturated rings. The third kappa shape index (κ3) is 7.51. The van der Waals surface area contributed by atoms with Gasteiger partial charge in [-0.3, -0.25) is 0 Å². The zero-order valence-electron chi connectivity index (χ0n) is 35.9. The van der Waals surface area contributed by atoms with E-state index in [0.29, 0.717) is 23.0 Å². The Hall–Kier alpha value is -5.40. The number of hydrogen-bond acceptors (Lipinski definition) is 4. The molecule has 0 aliphatic heterocycles. The normalized spacial score (nSPS) is 28.4. The first-order chi connectivity index (χ1) is 29.1. The number of rotatable bonds is 7. The molecule has 1 aromatic heterocycles. The fourth-order valence-electron chi connectivity index (χ4n) is 13.3. The number of fused-ring (bicyclic) bond motifs is 4. The van der Waals surface area contributed by atoms with Crippen molar-refractivity contribution in [1.82, 2.24) is 15.0 Å². The fourth-order valence-corrected chi connectivity index (χ4v) is 13.3. The molecule has 4 saturated carbocycles. The van der Waals surface area contributed by atoms with Gasteiger partial charge in [0.05, 0.1) is 11.6 Å². The molecule has 4 aliphatic rings. The zero-order chi connectivity index (χ0) is 41.0. The van der Waals surface area contributed by atoms with Gasteiger partial charge in [0, 0.05) is 16.7 Å². The maximum atomic E-state index is 9.79. The molecule has 10 rings (SSSR count). The molecule has 0 saturated heterocycles. The second-order valence-corrected chi connectivity index (χ2v) is 20.2. The lowest BCUT2D eigenvalue weighted by Crippen LogP contribution is -2.42. The van der Waals surface area contributed by atoms with Gasteiger partial charge in [-0.05, 0) is 174 Å². The molecule has 4 nitrogen and oxygen atoms in total. The molecule has 8 atom stereocenters. The third-order valence-corrected chi connectivity index (χ3v) is 15.0. The molecule has 60 heavy (non-hydrogen) atoms. The van der Waals surface area contributed by atoms with E-state index in [2.05, 4.69) is 137 Å². The molecule has 0 spiro atoms. The van der Waals surface area contributed by atoms with Gasteiger partial charge >= 0.3 is 0 Å². The highest BCUT2D eigenvalue weighted by molar-refractivity contribution is 5.80. The Morgan fingerprint density at radius 1 is 0.417 bits per heavy atom. The maximum absolute atomic E-state index is 9.79. The lowest BCUT2D eigenvalue weighted by Gasteiger charge is -2.50. The Labute approximate surface area is 357 Å². The van der Waals surface area contributed by atoms with Crippen molar-refractivity contribution in [3.8, 4) is 62.5 Å². The molecule has 1 heterocycles. The van der Waals surface area contributed by atoms with Crippen LogP contribution in [0.2, 0.25) is 0 Å². The predicted molar refractivity (Wildman–Crippen MR) is 245 cm³/mol. The highest BCUT2D eigenvalue weighted by Crippen LogP contribution is 2.55. The van der Waals surface area contributed by atoms with Gasteiger partial charge in [-0.2, -0.15) is 5.26 Å². The summed E-state index contributed by atoms with van der Waals surface area (Å²) in [5.74, 6) is 6.75. The van der Waals surface area contributed by atoms with Crippen LogP contribution in [0.5, 0.6) is 0 Å². The summed E-state index contributed by atoms with van der Waals surface area (Å²) in [5, 5.41) is 9.79. The number of nitrogens with zero attached hydrogens (tertiary/aromatic N) is 4. The molecule has 5 aromatic carbocycles. The molecule has 4 heteroatoms. The summed E-state index contributed by atoms with van der Waals surface area (Å²) in [6, 6.07) is 45.9. The minimum absolute atomic E-state index is 0.262. The smallest absolute Gasteiger partial charge is 0.164 e. The van der Waals surface area contributed by atoms with Crippen LogP contribution in [-0.2, 0) is 10.8 Å². The highest BCUT2D eigenvalue weighted by atomic mass is 15.0. The molecule has 4 bridgehead atoms. The summed E-state index contributed by atoms with van der Waals surface area (Å²) in [6.07, 6.45) is 13.2. The number of nitriles is 1. The van der Waals surface area contributed by atoms with E-state index in [-0.39, 0.29) is 10.8 Å². The summed E-state index contributed by atoms with van der Waals surface area (Å²) in [7, 11) is 0. The van der Waals surface area contributed by atoms with Crippen molar-refractivity contribution in [2.24, 2.45) is 35.5 Å². The standard InChI is InChI=1S/C56H58N4/c1-36-21-41-22-37(2)30-55(29-36,33-41)50-17-13-44(14-18-50)52-58-53(45-15-19-51(20-16-45)56-31-38(3)23-42(34-56)24-39(4)32-56)60-54(59-52)49-27-47(43-10-6-5-7-11-43)26-48(28-49)46-12-8-9-40(25-46)35-57/h5-20,25-28,36-39,41-42H,21-24,29-34H2,1-4H3/t36-,37+,38-,39+,41-,42-,55?,56?. The van der Waals surface area contributed by atoms with Crippen LogP contribution in [0.4, 0.5) is 0 Å². The first-order valence-electron chi connectivity index (χ1n) is 22.8. The fraction of sp³-hybridized carbons (Fsp3) is 0.393.